The van der Waals surface area contributed by atoms with Crippen LogP contribution in [0, 0.1) is 19.3 Å². The number of nitrogens with one attached hydrogen (secondary N) is 1. The van der Waals surface area contributed by atoms with Crippen molar-refractivity contribution in [1.82, 2.24) is 5.32 Å². The second kappa shape index (κ2) is 6.26. The molecule has 112 valence electrons. The van der Waals surface area contributed by atoms with E-state index in [2.05, 4.69) is 16.5 Å². The largest absolute Gasteiger partial charge is 0.409 e. The van der Waals surface area contributed by atoms with Crippen LogP contribution in [0.15, 0.2) is 11.2 Å². The maximum atomic E-state index is 12.4. The van der Waals surface area contributed by atoms with E-state index in [1.54, 1.807) is 18.3 Å². The predicted octanol–water partition coefficient (Wildman–Crippen LogP) is 2.70. The van der Waals surface area contributed by atoms with E-state index in [9.17, 15) is 4.79 Å². The highest BCUT2D eigenvalue weighted by Crippen LogP contribution is 2.28. The number of oxime groups is 1. The number of carbonyl (C=O) groups is 1. The minimum atomic E-state index is -0.998. The summed E-state index contributed by atoms with van der Waals surface area (Å²) in [7, 11) is 0. The van der Waals surface area contributed by atoms with Crippen molar-refractivity contribution in [1.29, 1.82) is 0 Å². The first-order chi connectivity index (χ1) is 9.26. The molecular formula is C14H23N3O2S. The van der Waals surface area contributed by atoms with Crippen molar-refractivity contribution in [2.75, 3.05) is 0 Å². The van der Waals surface area contributed by atoms with Gasteiger partial charge in [0, 0.05) is 9.75 Å². The van der Waals surface area contributed by atoms with Crippen LogP contribution in [0.2, 0.25) is 0 Å². The molecule has 1 aromatic rings. The van der Waals surface area contributed by atoms with E-state index in [4.69, 9.17) is 10.9 Å². The number of thiophene rings is 1. The SMILES string of the molecule is CCC(C)(C(=O)NC(C)c1cc(C)sc1C)/C(N)=N/O. The van der Waals surface area contributed by atoms with Crippen LogP contribution in [0.3, 0.4) is 0 Å². The maximum Gasteiger partial charge on any atom is 0.234 e. The molecule has 0 spiro atoms. The summed E-state index contributed by atoms with van der Waals surface area (Å²) >= 11 is 1.71. The van der Waals surface area contributed by atoms with E-state index in [1.807, 2.05) is 27.7 Å². The van der Waals surface area contributed by atoms with Crippen LogP contribution in [-0.2, 0) is 4.79 Å². The summed E-state index contributed by atoms with van der Waals surface area (Å²) in [6, 6.07) is 1.97. The zero-order valence-electron chi connectivity index (χ0n) is 12.7. The van der Waals surface area contributed by atoms with Gasteiger partial charge in [-0.2, -0.15) is 0 Å². The summed E-state index contributed by atoms with van der Waals surface area (Å²) in [4.78, 5) is 14.8. The van der Waals surface area contributed by atoms with Gasteiger partial charge in [0.25, 0.3) is 0 Å². The van der Waals surface area contributed by atoms with Gasteiger partial charge in [-0.05, 0) is 45.7 Å². The molecule has 0 saturated heterocycles. The first kappa shape index (κ1) is 16.5. The third-order valence-electron chi connectivity index (χ3n) is 3.77. The Morgan fingerprint density at radius 3 is 2.60 bits per heavy atom. The molecule has 4 N–H and O–H groups in total. The minimum absolute atomic E-state index is 0.0667. The number of nitrogens with zero attached hydrogens (tertiary/aromatic N) is 1. The van der Waals surface area contributed by atoms with Crippen LogP contribution in [0.5, 0.6) is 0 Å². The van der Waals surface area contributed by atoms with E-state index < -0.39 is 5.41 Å². The molecule has 0 aromatic carbocycles. The van der Waals surface area contributed by atoms with Crippen molar-refractivity contribution < 1.29 is 10.0 Å². The molecule has 1 heterocycles. The quantitative estimate of drug-likeness (QED) is 0.338. The second-order valence-electron chi connectivity index (χ2n) is 5.23. The van der Waals surface area contributed by atoms with Crippen molar-refractivity contribution in [3.8, 4) is 0 Å². The number of carbonyl (C=O) groups excluding carboxylic acids is 1. The summed E-state index contributed by atoms with van der Waals surface area (Å²) in [5, 5.41) is 14.8. The lowest BCUT2D eigenvalue weighted by Crippen LogP contribution is -2.48. The Kier molecular flexibility index (Phi) is 5.16. The Hall–Kier alpha value is -1.56. The van der Waals surface area contributed by atoms with E-state index in [1.165, 1.54) is 9.75 Å². The molecule has 2 unspecified atom stereocenters. The van der Waals surface area contributed by atoms with Crippen LogP contribution < -0.4 is 11.1 Å². The van der Waals surface area contributed by atoms with Gasteiger partial charge >= 0.3 is 0 Å². The number of amides is 1. The lowest BCUT2D eigenvalue weighted by molar-refractivity contribution is -0.127. The summed E-state index contributed by atoms with van der Waals surface area (Å²) < 4.78 is 0. The number of aryl methyl sites for hydroxylation is 2. The van der Waals surface area contributed by atoms with Gasteiger partial charge in [-0.25, -0.2) is 0 Å². The smallest absolute Gasteiger partial charge is 0.234 e. The number of rotatable bonds is 5. The first-order valence-corrected chi connectivity index (χ1v) is 7.43. The van der Waals surface area contributed by atoms with Crippen molar-refractivity contribution in [3.05, 3.63) is 21.4 Å². The monoisotopic (exact) mass is 297 g/mol. The number of amidine groups is 1. The van der Waals surface area contributed by atoms with Gasteiger partial charge in [0.1, 0.15) is 5.41 Å². The Morgan fingerprint density at radius 1 is 1.60 bits per heavy atom. The molecule has 1 amide bonds. The number of hydrogen-bond donors (Lipinski definition) is 3. The van der Waals surface area contributed by atoms with Crippen LogP contribution >= 0.6 is 11.3 Å². The minimum Gasteiger partial charge on any atom is -0.409 e. The van der Waals surface area contributed by atoms with Crippen LogP contribution in [0.25, 0.3) is 0 Å². The molecule has 1 rings (SSSR count). The molecule has 0 saturated carbocycles. The fraction of sp³-hybridized carbons (Fsp3) is 0.571. The maximum absolute atomic E-state index is 12.4. The van der Waals surface area contributed by atoms with Gasteiger partial charge in [-0.3, -0.25) is 4.79 Å². The van der Waals surface area contributed by atoms with Gasteiger partial charge in [0.15, 0.2) is 5.84 Å². The second-order valence-corrected chi connectivity index (χ2v) is 6.70. The molecule has 20 heavy (non-hydrogen) atoms. The molecule has 2 atom stereocenters. The normalized spacial score (nSPS) is 16.6. The van der Waals surface area contributed by atoms with Crippen LogP contribution in [0.4, 0.5) is 0 Å². The van der Waals surface area contributed by atoms with Crippen molar-refractivity contribution in [2.24, 2.45) is 16.3 Å². The van der Waals surface area contributed by atoms with Gasteiger partial charge in [-0.15, -0.1) is 11.3 Å². The Bertz CT molecular complexity index is 524. The molecule has 6 heteroatoms. The van der Waals surface area contributed by atoms with Crippen molar-refractivity contribution in [3.63, 3.8) is 0 Å². The topological polar surface area (TPSA) is 87.7 Å². The number of hydrogen-bond acceptors (Lipinski definition) is 4. The molecule has 0 aliphatic rings. The zero-order chi connectivity index (χ0) is 15.5. The summed E-state index contributed by atoms with van der Waals surface area (Å²) in [5.41, 5.74) is 5.76. The Morgan fingerprint density at radius 2 is 2.20 bits per heavy atom. The lowest BCUT2D eigenvalue weighted by atomic mass is 9.84. The average Bonchev–Trinajstić information content (AvgIpc) is 2.75. The summed E-state index contributed by atoms with van der Waals surface area (Å²) in [5.74, 6) is -0.297. The van der Waals surface area contributed by atoms with E-state index in [-0.39, 0.29) is 17.8 Å². The standard InChI is InChI=1S/C14H23N3O2S/c1-6-14(5,12(15)17-19)13(18)16-9(3)11-7-8(2)20-10(11)4/h7,9,19H,6H2,1-5H3,(H2,15,17)(H,16,18). The van der Waals surface area contributed by atoms with E-state index in [0.717, 1.165) is 5.56 Å². The molecule has 5 nitrogen and oxygen atoms in total. The molecular weight excluding hydrogens is 274 g/mol. The molecule has 1 aromatic heterocycles. The summed E-state index contributed by atoms with van der Waals surface area (Å²) in [6.45, 7) is 9.54. The van der Waals surface area contributed by atoms with E-state index in [0.29, 0.717) is 6.42 Å². The van der Waals surface area contributed by atoms with E-state index >= 15 is 0 Å². The number of nitrogens with two attached hydrogens (primary N) is 1. The van der Waals surface area contributed by atoms with Crippen molar-refractivity contribution >= 4 is 23.1 Å². The van der Waals surface area contributed by atoms with Crippen LogP contribution in [-0.4, -0.2) is 17.0 Å². The Balaban J connectivity index is 2.92. The van der Waals surface area contributed by atoms with Gasteiger partial charge in [0.2, 0.25) is 5.91 Å². The molecule has 0 bridgehead atoms. The highest BCUT2D eigenvalue weighted by Gasteiger charge is 2.37. The third-order valence-corrected chi connectivity index (χ3v) is 4.76. The molecule has 0 radical (unpaired) electrons. The van der Waals surface area contributed by atoms with Crippen molar-refractivity contribution in [2.45, 2.75) is 47.1 Å². The third kappa shape index (κ3) is 3.12. The fourth-order valence-corrected chi connectivity index (χ4v) is 3.10. The molecule has 0 aliphatic carbocycles. The highest BCUT2D eigenvalue weighted by molar-refractivity contribution is 7.12. The molecule has 0 aliphatic heterocycles. The highest BCUT2D eigenvalue weighted by atomic mass is 32.1. The zero-order valence-corrected chi connectivity index (χ0v) is 13.5. The first-order valence-electron chi connectivity index (χ1n) is 6.62. The lowest BCUT2D eigenvalue weighted by Gasteiger charge is -2.27. The predicted molar refractivity (Wildman–Crippen MR) is 82.2 cm³/mol. The fourth-order valence-electron chi connectivity index (χ4n) is 2.08. The van der Waals surface area contributed by atoms with Gasteiger partial charge in [-0.1, -0.05) is 12.1 Å². The van der Waals surface area contributed by atoms with Gasteiger partial charge in [0.05, 0.1) is 6.04 Å². The van der Waals surface area contributed by atoms with Gasteiger partial charge < -0.3 is 16.3 Å². The Labute approximate surface area is 123 Å². The average molecular weight is 297 g/mol. The summed E-state index contributed by atoms with van der Waals surface area (Å²) in [6.07, 6.45) is 0.461. The van der Waals surface area contributed by atoms with Crippen LogP contribution in [0.1, 0.15) is 48.6 Å². The molecule has 0 fully saturated rings.